The molecule has 0 bridgehead atoms. The molecule has 0 radical (unpaired) electrons. The molecule has 0 amide bonds. The van der Waals surface area contributed by atoms with Crippen molar-refractivity contribution < 1.29 is 9.53 Å². The lowest BCUT2D eigenvalue weighted by atomic mass is 10.1. The van der Waals surface area contributed by atoms with Gasteiger partial charge >= 0.3 is 0 Å². The van der Waals surface area contributed by atoms with Crippen LogP contribution in [-0.2, 0) is 0 Å². The molecule has 0 saturated carbocycles. The Morgan fingerprint density at radius 1 is 1.33 bits per heavy atom. The number of ether oxygens (including phenoxy) is 1. The molecule has 15 heavy (non-hydrogen) atoms. The van der Waals surface area contributed by atoms with Gasteiger partial charge in [0.1, 0.15) is 0 Å². The maximum absolute atomic E-state index is 11.3. The van der Waals surface area contributed by atoms with E-state index >= 15 is 0 Å². The molecule has 0 aliphatic rings. The molecular weight excluding hydrogens is 258 g/mol. The number of ketones is 1. The van der Waals surface area contributed by atoms with E-state index in [1.54, 1.807) is 0 Å². The Morgan fingerprint density at radius 2 is 1.87 bits per heavy atom. The van der Waals surface area contributed by atoms with Crippen LogP contribution in [0.25, 0.3) is 0 Å². The summed E-state index contributed by atoms with van der Waals surface area (Å²) in [6, 6.07) is 3.01. The summed E-state index contributed by atoms with van der Waals surface area (Å²) in [6.45, 7) is 2.28. The Bertz CT molecular complexity index is 354. The maximum atomic E-state index is 11.3. The Kier molecular flexibility index (Phi) is 4.71. The summed E-state index contributed by atoms with van der Waals surface area (Å²) in [6.07, 6.45) is 0. The third-order valence-electron chi connectivity index (χ3n) is 1.73. The quantitative estimate of drug-likeness (QED) is 0.612. The van der Waals surface area contributed by atoms with Crippen LogP contribution >= 0.6 is 34.8 Å². The fourth-order valence-corrected chi connectivity index (χ4v) is 1.83. The van der Waals surface area contributed by atoms with Gasteiger partial charge in [-0.25, -0.2) is 0 Å². The van der Waals surface area contributed by atoms with Gasteiger partial charge < -0.3 is 4.74 Å². The zero-order valence-corrected chi connectivity index (χ0v) is 10.3. The van der Waals surface area contributed by atoms with Crippen molar-refractivity contribution in [1.29, 1.82) is 0 Å². The first-order valence-electron chi connectivity index (χ1n) is 4.31. The standard InChI is InChI=1S/C10H9Cl3O2/c1-2-15-10-7(12)3-6(4-8(10)13)9(14)5-11/h3-4H,2,5H2,1H3. The summed E-state index contributed by atoms with van der Waals surface area (Å²) in [5.74, 6) is 0.0798. The molecule has 1 aromatic carbocycles. The van der Waals surface area contributed by atoms with E-state index < -0.39 is 0 Å². The van der Waals surface area contributed by atoms with Gasteiger partial charge in [0.25, 0.3) is 0 Å². The molecule has 0 N–H and O–H groups in total. The van der Waals surface area contributed by atoms with Crippen LogP contribution < -0.4 is 4.74 Å². The van der Waals surface area contributed by atoms with Gasteiger partial charge in [-0.05, 0) is 19.1 Å². The molecule has 0 aliphatic carbocycles. The Hall–Kier alpha value is -0.440. The maximum Gasteiger partial charge on any atom is 0.177 e. The second-order valence-corrected chi connectivity index (χ2v) is 3.84. The van der Waals surface area contributed by atoms with E-state index in [1.807, 2.05) is 6.92 Å². The van der Waals surface area contributed by atoms with Crippen LogP contribution in [0.3, 0.4) is 0 Å². The van der Waals surface area contributed by atoms with Crippen molar-refractivity contribution in [2.24, 2.45) is 0 Å². The number of hydrogen-bond acceptors (Lipinski definition) is 2. The van der Waals surface area contributed by atoms with Crippen LogP contribution in [0.1, 0.15) is 17.3 Å². The minimum atomic E-state index is -0.219. The number of hydrogen-bond donors (Lipinski definition) is 0. The first kappa shape index (κ1) is 12.6. The highest BCUT2D eigenvalue weighted by molar-refractivity contribution is 6.38. The van der Waals surface area contributed by atoms with Gasteiger partial charge in [0.15, 0.2) is 11.5 Å². The molecule has 5 heteroatoms. The van der Waals surface area contributed by atoms with Gasteiger partial charge in [0.05, 0.1) is 22.5 Å². The van der Waals surface area contributed by atoms with Gasteiger partial charge in [-0.1, -0.05) is 23.2 Å². The normalized spacial score (nSPS) is 10.1. The van der Waals surface area contributed by atoms with Gasteiger partial charge in [0, 0.05) is 5.56 Å². The predicted molar refractivity (Wildman–Crippen MR) is 62.7 cm³/mol. The van der Waals surface area contributed by atoms with E-state index in [0.29, 0.717) is 28.0 Å². The first-order valence-corrected chi connectivity index (χ1v) is 5.60. The fourth-order valence-electron chi connectivity index (χ4n) is 1.08. The van der Waals surface area contributed by atoms with Crippen LogP contribution in [0.2, 0.25) is 10.0 Å². The lowest BCUT2D eigenvalue weighted by Crippen LogP contribution is -2.01. The predicted octanol–water partition coefficient (Wildman–Crippen LogP) is 3.81. The highest BCUT2D eigenvalue weighted by Gasteiger charge is 2.12. The van der Waals surface area contributed by atoms with E-state index in [2.05, 4.69) is 0 Å². The molecule has 0 saturated heterocycles. The highest BCUT2D eigenvalue weighted by atomic mass is 35.5. The fraction of sp³-hybridized carbons (Fsp3) is 0.300. The molecule has 0 heterocycles. The van der Waals surface area contributed by atoms with E-state index in [9.17, 15) is 4.79 Å². The summed E-state index contributed by atoms with van der Waals surface area (Å²) < 4.78 is 5.23. The highest BCUT2D eigenvalue weighted by Crippen LogP contribution is 2.34. The van der Waals surface area contributed by atoms with Crippen LogP contribution in [0.4, 0.5) is 0 Å². The zero-order valence-electron chi connectivity index (χ0n) is 8.02. The molecule has 0 aliphatic heterocycles. The minimum absolute atomic E-state index is 0.0966. The number of benzene rings is 1. The van der Waals surface area contributed by atoms with Crippen LogP contribution in [0.15, 0.2) is 12.1 Å². The molecule has 2 nitrogen and oxygen atoms in total. The molecule has 82 valence electrons. The van der Waals surface area contributed by atoms with Crippen LogP contribution in [0.5, 0.6) is 5.75 Å². The van der Waals surface area contributed by atoms with Crippen LogP contribution in [0, 0.1) is 0 Å². The number of Topliss-reactive ketones (excluding diaryl/α,β-unsaturated/α-hetero) is 1. The van der Waals surface area contributed by atoms with Crippen molar-refractivity contribution in [3.8, 4) is 5.75 Å². The van der Waals surface area contributed by atoms with E-state index in [4.69, 9.17) is 39.5 Å². The number of alkyl halides is 1. The van der Waals surface area contributed by atoms with Gasteiger partial charge in [-0.15, -0.1) is 11.6 Å². The zero-order chi connectivity index (χ0) is 11.4. The Morgan fingerprint density at radius 3 is 2.27 bits per heavy atom. The van der Waals surface area contributed by atoms with E-state index in [0.717, 1.165) is 0 Å². The third-order valence-corrected chi connectivity index (χ3v) is 2.53. The van der Waals surface area contributed by atoms with Gasteiger partial charge in [-0.3, -0.25) is 4.79 Å². The molecule has 1 aromatic rings. The topological polar surface area (TPSA) is 26.3 Å². The first-order chi connectivity index (χ1) is 7.10. The molecular formula is C10H9Cl3O2. The molecule has 1 rings (SSSR count). The average molecular weight is 268 g/mol. The molecule has 0 unspecified atom stereocenters. The van der Waals surface area contributed by atoms with Crippen molar-refractivity contribution >= 4 is 40.6 Å². The smallest absolute Gasteiger partial charge is 0.177 e. The second kappa shape index (κ2) is 5.59. The monoisotopic (exact) mass is 266 g/mol. The Balaban J connectivity index is 3.13. The third kappa shape index (κ3) is 3.00. The van der Waals surface area contributed by atoms with Gasteiger partial charge in [0.2, 0.25) is 0 Å². The summed E-state index contributed by atoms with van der Waals surface area (Å²) in [5.41, 5.74) is 0.392. The number of rotatable bonds is 4. The summed E-state index contributed by atoms with van der Waals surface area (Å²) in [7, 11) is 0. The van der Waals surface area contributed by atoms with Crippen molar-refractivity contribution in [3.05, 3.63) is 27.7 Å². The number of carbonyl (C=O) groups excluding carboxylic acids is 1. The summed E-state index contributed by atoms with van der Waals surface area (Å²) in [5, 5.41) is 0.635. The second-order valence-electron chi connectivity index (χ2n) is 2.76. The van der Waals surface area contributed by atoms with Gasteiger partial charge in [-0.2, -0.15) is 0 Å². The van der Waals surface area contributed by atoms with Crippen molar-refractivity contribution in [3.63, 3.8) is 0 Å². The molecule has 0 aromatic heterocycles. The van der Waals surface area contributed by atoms with Crippen molar-refractivity contribution in [1.82, 2.24) is 0 Å². The molecule has 0 fully saturated rings. The minimum Gasteiger partial charge on any atom is -0.491 e. The van der Waals surface area contributed by atoms with Crippen LogP contribution in [-0.4, -0.2) is 18.3 Å². The number of carbonyl (C=O) groups is 1. The average Bonchev–Trinajstić information content (AvgIpc) is 2.22. The van der Waals surface area contributed by atoms with Crippen molar-refractivity contribution in [2.75, 3.05) is 12.5 Å². The SMILES string of the molecule is CCOc1c(Cl)cc(C(=O)CCl)cc1Cl. The largest absolute Gasteiger partial charge is 0.491 e. The lowest BCUT2D eigenvalue weighted by Gasteiger charge is -2.09. The lowest BCUT2D eigenvalue weighted by molar-refractivity contribution is 0.102. The Labute approximate surface area is 103 Å². The van der Waals surface area contributed by atoms with E-state index in [-0.39, 0.29) is 11.7 Å². The molecule has 0 atom stereocenters. The molecule has 0 spiro atoms. The number of halogens is 3. The summed E-state index contributed by atoms with van der Waals surface area (Å²) >= 11 is 17.2. The van der Waals surface area contributed by atoms with Crippen molar-refractivity contribution in [2.45, 2.75) is 6.92 Å². The summed E-state index contributed by atoms with van der Waals surface area (Å²) in [4.78, 5) is 11.3. The van der Waals surface area contributed by atoms with E-state index in [1.165, 1.54) is 12.1 Å².